The molecule has 0 radical (unpaired) electrons. The average Bonchev–Trinajstić information content (AvgIpc) is 2.60. The van der Waals surface area contributed by atoms with E-state index in [1.165, 1.54) is 32.1 Å². The van der Waals surface area contributed by atoms with Crippen molar-refractivity contribution in [2.24, 2.45) is 11.3 Å². The Morgan fingerprint density at radius 3 is 2.07 bits per heavy atom. The highest BCUT2D eigenvalue weighted by Crippen LogP contribution is 2.48. The lowest BCUT2D eigenvalue weighted by Gasteiger charge is -2.39. The van der Waals surface area contributed by atoms with E-state index in [1.54, 1.807) is 0 Å². The molecule has 1 nitrogen and oxygen atoms in total. The lowest BCUT2D eigenvalue weighted by atomic mass is 9.70. The molecule has 1 spiro atoms. The zero-order valence-corrected chi connectivity index (χ0v) is 9.42. The van der Waals surface area contributed by atoms with E-state index >= 15 is 0 Å². The normalized spacial score (nSPS) is 35.7. The summed E-state index contributed by atoms with van der Waals surface area (Å²) in [6, 6.07) is 0. The molecule has 1 fully saturated rings. The molecule has 1 atom stereocenters. The fraction of sp³-hybridized carbons (Fsp3) is 0.846. The van der Waals surface area contributed by atoms with Crippen LogP contribution in [0.2, 0.25) is 0 Å². The minimum absolute atomic E-state index is 0.345. The minimum Gasteiger partial charge on any atom is -0.386 e. The second-order valence-corrected chi connectivity index (χ2v) is 5.55. The molecular weight excluding hydrogens is 172 g/mol. The van der Waals surface area contributed by atoms with Crippen molar-refractivity contribution in [2.45, 2.75) is 58.0 Å². The Hall–Kier alpha value is -0.300. The van der Waals surface area contributed by atoms with E-state index in [4.69, 9.17) is 0 Å². The van der Waals surface area contributed by atoms with Gasteiger partial charge in [0.25, 0.3) is 0 Å². The van der Waals surface area contributed by atoms with Crippen molar-refractivity contribution >= 4 is 0 Å². The largest absolute Gasteiger partial charge is 0.386 e. The second-order valence-electron chi connectivity index (χ2n) is 5.55. The molecule has 0 saturated heterocycles. The molecule has 0 heterocycles. The molecule has 2 aliphatic rings. The van der Waals surface area contributed by atoms with Gasteiger partial charge in [-0.15, -0.1) is 0 Å². The lowest BCUT2D eigenvalue weighted by molar-refractivity contribution is 0.0148. The molecule has 0 bridgehead atoms. The molecule has 1 unspecified atom stereocenters. The van der Waals surface area contributed by atoms with Gasteiger partial charge in [-0.1, -0.05) is 38.8 Å². The van der Waals surface area contributed by atoms with Crippen molar-refractivity contribution < 1.29 is 5.11 Å². The van der Waals surface area contributed by atoms with Gasteiger partial charge in [0.05, 0.1) is 5.60 Å². The molecule has 1 saturated carbocycles. The van der Waals surface area contributed by atoms with Gasteiger partial charge in [-0.25, -0.2) is 0 Å². The molecule has 0 amide bonds. The molecule has 1 N–H and O–H groups in total. The summed E-state index contributed by atoms with van der Waals surface area (Å²) in [4.78, 5) is 0. The summed E-state index contributed by atoms with van der Waals surface area (Å²) in [6.07, 6.45) is 12.0. The van der Waals surface area contributed by atoms with E-state index in [0.717, 1.165) is 6.42 Å². The Morgan fingerprint density at radius 1 is 1.00 bits per heavy atom. The van der Waals surface area contributed by atoms with Gasteiger partial charge in [-0.3, -0.25) is 0 Å². The van der Waals surface area contributed by atoms with Crippen molar-refractivity contribution in [1.82, 2.24) is 0 Å². The molecule has 0 aromatic heterocycles. The highest BCUT2D eigenvalue weighted by atomic mass is 16.3. The second kappa shape index (κ2) is 3.37. The summed E-state index contributed by atoms with van der Waals surface area (Å²) in [6.45, 7) is 4.22. The van der Waals surface area contributed by atoms with Gasteiger partial charge in [-0.05, 0) is 37.0 Å². The van der Waals surface area contributed by atoms with Gasteiger partial charge in [0.2, 0.25) is 0 Å². The van der Waals surface area contributed by atoms with E-state index in [-0.39, 0.29) is 0 Å². The first-order chi connectivity index (χ1) is 6.56. The first kappa shape index (κ1) is 10.2. The molecule has 0 aliphatic heterocycles. The van der Waals surface area contributed by atoms with Crippen molar-refractivity contribution in [1.29, 1.82) is 0 Å². The van der Waals surface area contributed by atoms with E-state index in [1.807, 2.05) is 0 Å². The zero-order valence-electron chi connectivity index (χ0n) is 9.42. The molecule has 2 rings (SSSR count). The van der Waals surface area contributed by atoms with Crippen LogP contribution in [-0.4, -0.2) is 10.7 Å². The van der Waals surface area contributed by atoms with Crippen molar-refractivity contribution in [2.75, 3.05) is 0 Å². The highest BCUT2D eigenvalue weighted by Gasteiger charge is 2.40. The molecule has 0 aromatic rings. The maximum atomic E-state index is 10.3. The van der Waals surface area contributed by atoms with Gasteiger partial charge in [-0.2, -0.15) is 0 Å². The highest BCUT2D eigenvalue weighted by molar-refractivity contribution is 5.15. The molecule has 80 valence electrons. The van der Waals surface area contributed by atoms with Gasteiger partial charge in [0.1, 0.15) is 0 Å². The Morgan fingerprint density at radius 2 is 1.64 bits per heavy atom. The fourth-order valence-electron chi connectivity index (χ4n) is 2.91. The van der Waals surface area contributed by atoms with E-state index in [9.17, 15) is 5.11 Å². The topological polar surface area (TPSA) is 20.2 Å². The summed E-state index contributed by atoms with van der Waals surface area (Å²) >= 11 is 0. The van der Waals surface area contributed by atoms with Crippen LogP contribution in [0.25, 0.3) is 0 Å². The predicted octanol–water partition coefficient (Wildman–Crippen LogP) is 3.28. The Bertz CT molecular complexity index is 228. The molecule has 0 aromatic carbocycles. The third-order valence-corrected chi connectivity index (χ3v) is 4.35. The van der Waals surface area contributed by atoms with Gasteiger partial charge in [0, 0.05) is 0 Å². The zero-order chi connectivity index (χ0) is 10.2. The number of aliphatic hydroxyl groups is 1. The van der Waals surface area contributed by atoms with Gasteiger partial charge < -0.3 is 5.11 Å². The summed E-state index contributed by atoms with van der Waals surface area (Å²) < 4.78 is 0. The van der Waals surface area contributed by atoms with Gasteiger partial charge >= 0.3 is 0 Å². The number of hydrogen-bond donors (Lipinski definition) is 1. The smallest absolute Gasteiger partial charge is 0.0850 e. The average molecular weight is 194 g/mol. The molecular formula is C13H22O. The first-order valence-electron chi connectivity index (χ1n) is 5.99. The maximum absolute atomic E-state index is 10.3. The van der Waals surface area contributed by atoms with Crippen LogP contribution in [0, 0.1) is 11.3 Å². The van der Waals surface area contributed by atoms with E-state index in [0.29, 0.717) is 11.3 Å². The fourth-order valence-corrected chi connectivity index (χ4v) is 2.91. The predicted molar refractivity (Wildman–Crippen MR) is 59.1 cm³/mol. The number of rotatable bonds is 1. The Kier molecular flexibility index (Phi) is 2.46. The van der Waals surface area contributed by atoms with Crippen LogP contribution in [0.4, 0.5) is 0 Å². The number of hydrogen-bond acceptors (Lipinski definition) is 1. The Labute approximate surface area is 87.2 Å². The monoisotopic (exact) mass is 194 g/mol. The van der Waals surface area contributed by atoms with Crippen LogP contribution < -0.4 is 0 Å². The number of allylic oxidation sites excluding steroid dienone is 1. The summed E-state index contributed by atoms with van der Waals surface area (Å²) in [5, 5.41) is 10.3. The van der Waals surface area contributed by atoms with Crippen molar-refractivity contribution in [3.05, 3.63) is 12.2 Å². The summed E-state index contributed by atoms with van der Waals surface area (Å²) in [5.41, 5.74) is -0.0467. The molecule has 14 heavy (non-hydrogen) atoms. The van der Waals surface area contributed by atoms with Crippen LogP contribution in [0.5, 0.6) is 0 Å². The van der Waals surface area contributed by atoms with Crippen LogP contribution in [-0.2, 0) is 0 Å². The summed E-state index contributed by atoms with van der Waals surface area (Å²) in [7, 11) is 0. The molecule has 1 heteroatoms. The standard InChI is InChI=1S/C13H22O/c1-11(2)13(14)9-7-12(8-10-13)5-3-4-6-12/h7,9,11,14H,3-6,8,10H2,1-2H3. The van der Waals surface area contributed by atoms with Crippen LogP contribution in [0.3, 0.4) is 0 Å². The van der Waals surface area contributed by atoms with Crippen molar-refractivity contribution in [3.8, 4) is 0 Å². The van der Waals surface area contributed by atoms with Crippen LogP contribution >= 0.6 is 0 Å². The van der Waals surface area contributed by atoms with Crippen molar-refractivity contribution in [3.63, 3.8) is 0 Å². The third-order valence-electron chi connectivity index (χ3n) is 4.35. The Balaban J connectivity index is 2.13. The van der Waals surface area contributed by atoms with Crippen LogP contribution in [0.15, 0.2) is 12.2 Å². The van der Waals surface area contributed by atoms with E-state index in [2.05, 4.69) is 26.0 Å². The van der Waals surface area contributed by atoms with Gasteiger partial charge in [0.15, 0.2) is 0 Å². The SMILES string of the molecule is CC(C)C1(O)C=CC2(CCCC2)CC1. The van der Waals surface area contributed by atoms with Crippen LogP contribution in [0.1, 0.15) is 52.4 Å². The van der Waals surface area contributed by atoms with E-state index < -0.39 is 5.60 Å². The first-order valence-corrected chi connectivity index (χ1v) is 5.99. The maximum Gasteiger partial charge on any atom is 0.0850 e. The summed E-state index contributed by atoms with van der Waals surface area (Å²) in [5.74, 6) is 0.345. The minimum atomic E-state index is -0.520. The molecule has 2 aliphatic carbocycles. The quantitative estimate of drug-likeness (QED) is 0.635. The third kappa shape index (κ3) is 1.63. The lowest BCUT2D eigenvalue weighted by Crippen LogP contribution is -2.38.